The van der Waals surface area contributed by atoms with Crippen molar-refractivity contribution in [2.24, 2.45) is 0 Å². The van der Waals surface area contributed by atoms with Crippen molar-refractivity contribution in [1.82, 2.24) is 4.90 Å². The van der Waals surface area contributed by atoms with Gasteiger partial charge in [-0.2, -0.15) is 0 Å². The molecule has 6 heteroatoms. The molecule has 0 spiro atoms. The van der Waals surface area contributed by atoms with Crippen LogP contribution in [0.4, 0.5) is 4.39 Å². The Bertz CT molecular complexity index is 491. The van der Waals surface area contributed by atoms with E-state index in [1.54, 1.807) is 0 Å². The zero-order chi connectivity index (χ0) is 13.8. The van der Waals surface area contributed by atoms with Crippen LogP contribution >= 0.6 is 0 Å². The number of carbonyl (C=O) groups is 2. The van der Waals surface area contributed by atoms with Gasteiger partial charge in [0.05, 0.1) is 0 Å². The molecule has 1 amide bonds. The number of nitrogens with zero attached hydrogens (tertiary/aromatic N) is 1. The van der Waals surface area contributed by atoms with E-state index in [9.17, 15) is 14.0 Å². The maximum absolute atomic E-state index is 12.9. The van der Waals surface area contributed by atoms with Crippen LogP contribution in [-0.2, 0) is 9.59 Å². The molecule has 0 aliphatic carbocycles. The summed E-state index contributed by atoms with van der Waals surface area (Å²) in [6.07, 6.45) is 1.13. The fraction of sp³-hybridized carbons (Fsp3) is 0.385. The maximum atomic E-state index is 12.9. The van der Waals surface area contributed by atoms with E-state index in [2.05, 4.69) is 0 Å². The fourth-order valence-corrected chi connectivity index (χ4v) is 2.11. The Morgan fingerprint density at radius 3 is 2.95 bits per heavy atom. The Morgan fingerprint density at radius 2 is 2.26 bits per heavy atom. The zero-order valence-corrected chi connectivity index (χ0v) is 10.2. The van der Waals surface area contributed by atoms with Crippen molar-refractivity contribution >= 4 is 11.9 Å². The van der Waals surface area contributed by atoms with E-state index in [1.165, 1.54) is 29.2 Å². The number of likely N-dealkylation sites (tertiary alicyclic amines) is 1. The topological polar surface area (TPSA) is 66.8 Å². The minimum Gasteiger partial charge on any atom is -0.484 e. The number of carboxylic acids is 1. The number of aliphatic carboxylic acids is 1. The lowest BCUT2D eigenvalue weighted by molar-refractivity contribution is -0.148. The quantitative estimate of drug-likeness (QED) is 0.892. The van der Waals surface area contributed by atoms with Gasteiger partial charge in [-0.25, -0.2) is 9.18 Å². The number of halogens is 1. The largest absolute Gasteiger partial charge is 0.484 e. The van der Waals surface area contributed by atoms with Gasteiger partial charge in [0.2, 0.25) is 0 Å². The molecule has 5 nitrogen and oxygen atoms in total. The summed E-state index contributed by atoms with van der Waals surface area (Å²) in [4.78, 5) is 24.1. The molecule has 2 rings (SSSR count). The SMILES string of the molecule is O=C(O)[C@@H]1CCCN1C(=O)COc1cccc(F)c1. The molecule has 1 atom stereocenters. The van der Waals surface area contributed by atoms with Crippen LogP contribution in [0.1, 0.15) is 12.8 Å². The van der Waals surface area contributed by atoms with E-state index in [-0.39, 0.29) is 12.4 Å². The van der Waals surface area contributed by atoms with Crippen molar-refractivity contribution in [3.8, 4) is 5.75 Å². The third-order valence-corrected chi connectivity index (χ3v) is 3.02. The number of carboxylic acid groups (broad SMARTS) is 1. The molecule has 19 heavy (non-hydrogen) atoms. The van der Waals surface area contributed by atoms with E-state index < -0.39 is 23.7 Å². The number of hydrogen-bond acceptors (Lipinski definition) is 3. The highest BCUT2D eigenvalue weighted by Gasteiger charge is 2.33. The van der Waals surface area contributed by atoms with Crippen LogP contribution in [0.3, 0.4) is 0 Å². The minimum atomic E-state index is -1.00. The van der Waals surface area contributed by atoms with Crippen LogP contribution < -0.4 is 4.74 Å². The number of rotatable bonds is 4. The molecule has 1 saturated heterocycles. The third kappa shape index (κ3) is 3.21. The number of amides is 1. The van der Waals surface area contributed by atoms with Gasteiger partial charge in [-0.1, -0.05) is 6.07 Å². The van der Waals surface area contributed by atoms with Gasteiger partial charge in [-0.3, -0.25) is 4.79 Å². The average Bonchev–Trinajstić information content (AvgIpc) is 2.85. The first kappa shape index (κ1) is 13.3. The van der Waals surface area contributed by atoms with Crippen molar-refractivity contribution in [3.05, 3.63) is 30.1 Å². The molecule has 1 aromatic rings. The van der Waals surface area contributed by atoms with Crippen LogP contribution in [0.2, 0.25) is 0 Å². The summed E-state index contributed by atoms with van der Waals surface area (Å²) in [6, 6.07) is 4.69. The average molecular weight is 267 g/mol. The molecule has 0 aromatic heterocycles. The molecule has 0 unspecified atom stereocenters. The molecule has 1 N–H and O–H groups in total. The second kappa shape index (κ2) is 5.69. The lowest BCUT2D eigenvalue weighted by Crippen LogP contribution is -2.42. The molecule has 0 saturated carbocycles. The molecule has 1 heterocycles. The standard InChI is InChI=1S/C13H14FNO4/c14-9-3-1-4-10(7-9)19-8-12(16)15-6-2-5-11(15)13(17)18/h1,3-4,7,11H,2,5-6,8H2,(H,17,18)/t11-/m0/s1. The first-order valence-electron chi connectivity index (χ1n) is 5.98. The summed E-state index contributed by atoms with van der Waals surface area (Å²) in [5.41, 5.74) is 0. The van der Waals surface area contributed by atoms with Crippen molar-refractivity contribution in [2.45, 2.75) is 18.9 Å². The van der Waals surface area contributed by atoms with Gasteiger partial charge in [0.15, 0.2) is 6.61 Å². The molecular weight excluding hydrogens is 253 g/mol. The van der Waals surface area contributed by atoms with Crippen molar-refractivity contribution in [3.63, 3.8) is 0 Å². The number of hydrogen-bond donors (Lipinski definition) is 1. The summed E-state index contributed by atoms with van der Waals surface area (Å²) < 4.78 is 18.1. The molecule has 0 radical (unpaired) electrons. The van der Waals surface area contributed by atoms with E-state index in [4.69, 9.17) is 9.84 Å². The van der Waals surface area contributed by atoms with Crippen molar-refractivity contribution in [1.29, 1.82) is 0 Å². The van der Waals surface area contributed by atoms with E-state index in [0.717, 1.165) is 0 Å². The Labute approximate surface area is 109 Å². The molecule has 0 bridgehead atoms. The highest BCUT2D eigenvalue weighted by atomic mass is 19.1. The van der Waals surface area contributed by atoms with Crippen LogP contribution in [0, 0.1) is 5.82 Å². The van der Waals surface area contributed by atoms with Crippen LogP contribution in [0.15, 0.2) is 24.3 Å². The summed E-state index contributed by atoms with van der Waals surface area (Å²) in [7, 11) is 0. The molecule has 102 valence electrons. The van der Waals surface area contributed by atoms with Crippen molar-refractivity contribution in [2.75, 3.05) is 13.2 Å². The van der Waals surface area contributed by atoms with Crippen molar-refractivity contribution < 1.29 is 23.8 Å². The van der Waals surface area contributed by atoms with Gasteiger partial charge >= 0.3 is 5.97 Å². The van der Waals surface area contributed by atoms with Gasteiger partial charge in [-0.05, 0) is 25.0 Å². The Kier molecular flexibility index (Phi) is 3.99. The first-order chi connectivity index (χ1) is 9.08. The Balaban J connectivity index is 1.92. The fourth-order valence-electron chi connectivity index (χ4n) is 2.11. The number of benzene rings is 1. The summed E-state index contributed by atoms with van der Waals surface area (Å²) >= 11 is 0. The second-order valence-electron chi connectivity index (χ2n) is 4.33. The molecule has 1 aliphatic rings. The van der Waals surface area contributed by atoms with Gasteiger partial charge in [0.1, 0.15) is 17.6 Å². The summed E-state index contributed by atoms with van der Waals surface area (Å²) in [5, 5.41) is 8.97. The van der Waals surface area contributed by atoms with Crippen LogP contribution in [0.5, 0.6) is 5.75 Å². The molecule has 1 aliphatic heterocycles. The van der Waals surface area contributed by atoms with E-state index in [1.807, 2.05) is 0 Å². The second-order valence-corrected chi connectivity index (χ2v) is 4.33. The lowest BCUT2D eigenvalue weighted by Gasteiger charge is -2.21. The number of carbonyl (C=O) groups excluding carboxylic acids is 1. The highest BCUT2D eigenvalue weighted by Crippen LogP contribution is 2.18. The monoisotopic (exact) mass is 267 g/mol. The predicted octanol–water partition coefficient (Wildman–Crippen LogP) is 1.28. The highest BCUT2D eigenvalue weighted by molar-refractivity contribution is 5.85. The number of ether oxygens (including phenoxy) is 1. The molecular formula is C13H14FNO4. The molecule has 1 aromatic carbocycles. The lowest BCUT2D eigenvalue weighted by atomic mass is 10.2. The smallest absolute Gasteiger partial charge is 0.326 e. The van der Waals surface area contributed by atoms with Crippen LogP contribution in [-0.4, -0.2) is 41.1 Å². The third-order valence-electron chi connectivity index (χ3n) is 3.02. The Hall–Kier alpha value is -2.11. The van der Waals surface area contributed by atoms with E-state index >= 15 is 0 Å². The predicted molar refractivity (Wildman–Crippen MR) is 64.3 cm³/mol. The summed E-state index contributed by atoms with van der Waals surface area (Å²) in [6.45, 7) is 0.134. The molecule has 1 fully saturated rings. The Morgan fingerprint density at radius 1 is 1.47 bits per heavy atom. The maximum Gasteiger partial charge on any atom is 0.326 e. The van der Waals surface area contributed by atoms with Gasteiger partial charge < -0.3 is 14.7 Å². The zero-order valence-electron chi connectivity index (χ0n) is 10.2. The van der Waals surface area contributed by atoms with Gasteiger partial charge in [-0.15, -0.1) is 0 Å². The minimum absolute atomic E-state index is 0.249. The normalized spacial score (nSPS) is 18.4. The summed E-state index contributed by atoms with van der Waals surface area (Å²) in [5.74, 6) is -1.60. The van der Waals surface area contributed by atoms with Crippen LogP contribution in [0.25, 0.3) is 0 Å². The van der Waals surface area contributed by atoms with Gasteiger partial charge in [0.25, 0.3) is 5.91 Å². The van der Waals surface area contributed by atoms with E-state index in [0.29, 0.717) is 19.4 Å². The first-order valence-corrected chi connectivity index (χ1v) is 5.98. The van der Waals surface area contributed by atoms with Gasteiger partial charge in [0, 0.05) is 12.6 Å².